The quantitative estimate of drug-likeness (QED) is 0.630. The Balaban J connectivity index is 2.57. The number of hydrogen-bond acceptors (Lipinski definition) is 2. The monoisotopic (exact) mass is 298 g/mol. The molecule has 1 aromatic carbocycles. The minimum atomic E-state index is 0.594. The van der Waals surface area contributed by atoms with Crippen molar-refractivity contribution in [1.29, 1.82) is 0 Å². The smallest absolute Gasteiger partial charge is 0.169 e. The normalized spacial score (nSPS) is 10.1. The third-order valence-electron chi connectivity index (χ3n) is 1.87. The van der Waals surface area contributed by atoms with Gasteiger partial charge < -0.3 is 0 Å². The molecule has 0 saturated heterocycles. The number of nitrogens with zero attached hydrogens (tertiary/aromatic N) is 2. The highest BCUT2D eigenvalue weighted by Crippen LogP contribution is 2.14. The van der Waals surface area contributed by atoms with Gasteiger partial charge in [0.15, 0.2) is 6.29 Å². The molecule has 0 bridgehead atoms. The lowest BCUT2D eigenvalue weighted by Crippen LogP contribution is -2.01. The molecule has 4 heteroatoms. The van der Waals surface area contributed by atoms with Crippen LogP contribution in [0.15, 0.2) is 36.5 Å². The molecule has 70 valence electrons. The van der Waals surface area contributed by atoms with Crippen LogP contribution in [0.4, 0.5) is 0 Å². The van der Waals surface area contributed by atoms with E-state index in [0.29, 0.717) is 5.69 Å². The Bertz CT molecular complexity index is 450. The summed E-state index contributed by atoms with van der Waals surface area (Å²) in [5.74, 6) is 0. The van der Waals surface area contributed by atoms with Crippen LogP contribution >= 0.6 is 22.6 Å². The summed E-state index contributed by atoms with van der Waals surface area (Å²) in [6.45, 7) is 0. The summed E-state index contributed by atoms with van der Waals surface area (Å²) in [4.78, 5) is 10.8. The van der Waals surface area contributed by atoms with E-state index < -0.39 is 0 Å². The van der Waals surface area contributed by atoms with Crippen LogP contribution in [0.2, 0.25) is 0 Å². The Morgan fingerprint density at radius 1 is 1.29 bits per heavy atom. The summed E-state index contributed by atoms with van der Waals surface area (Å²) in [7, 11) is 0. The molecule has 0 aliphatic carbocycles. The van der Waals surface area contributed by atoms with E-state index in [1.165, 1.54) is 0 Å². The van der Waals surface area contributed by atoms with E-state index in [4.69, 9.17) is 0 Å². The lowest BCUT2D eigenvalue weighted by atomic mass is 10.3. The Hall–Kier alpha value is -1.17. The van der Waals surface area contributed by atoms with Gasteiger partial charge in [0.2, 0.25) is 0 Å². The fourth-order valence-electron chi connectivity index (χ4n) is 1.22. The van der Waals surface area contributed by atoms with Gasteiger partial charge in [-0.25, -0.2) is 4.68 Å². The van der Waals surface area contributed by atoms with Crippen molar-refractivity contribution in [2.75, 3.05) is 0 Å². The Kier molecular flexibility index (Phi) is 2.62. The maximum absolute atomic E-state index is 10.8. The molecule has 0 amide bonds. The number of rotatable bonds is 2. The molecule has 0 spiro atoms. The molecule has 0 atom stereocenters. The van der Waals surface area contributed by atoms with E-state index in [2.05, 4.69) is 27.7 Å². The van der Waals surface area contributed by atoms with Gasteiger partial charge in [-0.2, -0.15) is 5.10 Å². The number of para-hydroxylation sites is 1. The van der Waals surface area contributed by atoms with Crippen LogP contribution in [-0.2, 0) is 0 Å². The van der Waals surface area contributed by atoms with Crippen molar-refractivity contribution < 1.29 is 4.79 Å². The molecule has 2 aromatic rings. The molecule has 0 saturated carbocycles. The van der Waals surface area contributed by atoms with Crippen molar-refractivity contribution in [3.8, 4) is 5.69 Å². The predicted molar refractivity (Wildman–Crippen MR) is 61.7 cm³/mol. The van der Waals surface area contributed by atoms with Crippen molar-refractivity contribution in [2.24, 2.45) is 0 Å². The first-order chi connectivity index (χ1) is 6.83. The third kappa shape index (κ3) is 1.57. The summed E-state index contributed by atoms with van der Waals surface area (Å²) in [5, 5.41) is 4.13. The first kappa shape index (κ1) is 9.39. The lowest BCUT2D eigenvalue weighted by molar-refractivity contribution is 0.111. The minimum Gasteiger partial charge on any atom is -0.296 e. The van der Waals surface area contributed by atoms with E-state index in [-0.39, 0.29) is 0 Å². The molecule has 0 aliphatic rings. The topological polar surface area (TPSA) is 34.9 Å². The largest absolute Gasteiger partial charge is 0.296 e. The summed E-state index contributed by atoms with van der Waals surface area (Å²) < 4.78 is 2.50. The van der Waals surface area contributed by atoms with Gasteiger partial charge in [0, 0.05) is 0 Å². The SMILES string of the molecule is O=Cc1c(I)cnn1-c1ccccc1. The van der Waals surface area contributed by atoms with E-state index in [0.717, 1.165) is 15.5 Å². The first-order valence-electron chi connectivity index (χ1n) is 4.07. The molecule has 1 aromatic heterocycles. The maximum atomic E-state index is 10.8. The second-order valence-electron chi connectivity index (χ2n) is 2.74. The molecule has 1 heterocycles. The van der Waals surface area contributed by atoms with Gasteiger partial charge >= 0.3 is 0 Å². The average molecular weight is 298 g/mol. The van der Waals surface area contributed by atoms with Gasteiger partial charge in [-0.05, 0) is 34.7 Å². The van der Waals surface area contributed by atoms with Crippen molar-refractivity contribution >= 4 is 28.9 Å². The van der Waals surface area contributed by atoms with Crippen LogP contribution in [-0.4, -0.2) is 16.1 Å². The number of aromatic nitrogens is 2. The van der Waals surface area contributed by atoms with Gasteiger partial charge in [0.05, 0.1) is 15.5 Å². The van der Waals surface area contributed by atoms with E-state index in [1.54, 1.807) is 10.9 Å². The molecular weight excluding hydrogens is 291 g/mol. The zero-order chi connectivity index (χ0) is 9.97. The van der Waals surface area contributed by atoms with Gasteiger partial charge in [-0.1, -0.05) is 18.2 Å². The van der Waals surface area contributed by atoms with Gasteiger partial charge in [0.1, 0.15) is 5.69 Å². The molecule has 0 unspecified atom stereocenters. The molecule has 2 rings (SSSR count). The second kappa shape index (κ2) is 3.91. The third-order valence-corrected chi connectivity index (χ3v) is 2.70. The maximum Gasteiger partial charge on any atom is 0.169 e. The summed E-state index contributed by atoms with van der Waals surface area (Å²) >= 11 is 2.09. The molecule has 0 fully saturated rings. The number of halogens is 1. The van der Waals surface area contributed by atoms with Crippen LogP contribution in [0.25, 0.3) is 5.69 Å². The Labute approximate surface area is 94.9 Å². The van der Waals surface area contributed by atoms with Crippen LogP contribution in [0, 0.1) is 3.57 Å². The molecule has 3 nitrogen and oxygen atoms in total. The number of carbonyl (C=O) groups is 1. The molecule has 0 radical (unpaired) electrons. The van der Waals surface area contributed by atoms with Crippen LogP contribution in [0.3, 0.4) is 0 Å². The number of hydrogen-bond donors (Lipinski definition) is 0. The summed E-state index contributed by atoms with van der Waals surface area (Å²) in [5.41, 5.74) is 1.49. The molecular formula is C10H7IN2O. The highest BCUT2D eigenvalue weighted by Gasteiger charge is 2.07. The summed E-state index contributed by atoms with van der Waals surface area (Å²) in [6.07, 6.45) is 2.50. The minimum absolute atomic E-state index is 0.594. The molecule has 14 heavy (non-hydrogen) atoms. The predicted octanol–water partition coefficient (Wildman–Crippen LogP) is 2.29. The Morgan fingerprint density at radius 2 is 2.00 bits per heavy atom. The number of aldehydes is 1. The zero-order valence-electron chi connectivity index (χ0n) is 7.22. The van der Waals surface area contributed by atoms with E-state index in [9.17, 15) is 4.79 Å². The lowest BCUT2D eigenvalue weighted by Gasteiger charge is -2.01. The van der Waals surface area contributed by atoms with Crippen molar-refractivity contribution in [2.45, 2.75) is 0 Å². The first-order valence-corrected chi connectivity index (χ1v) is 5.15. The van der Waals surface area contributed by atoms with E-state index >= 15 is 0 Å². The molecule has 0 N–H and O–H groups in total. The van der Waals surface area contributed by atoms with Crippen LogP contribution in [0.1, 0.15) is 10.5 Å². The second-order valence-corrected chi connectivity index (χ2v) is 3.91. The van der Waals surface area contributed by atoms with Gasteiger partial charge in [-0.15, -0.1) is 0 Å². The van der Waals surface area contributed by atoms with Crippen LogP contribution in [0.5, 0.6) is 0 Å². The summed E-state index contributed by atoms with van der Waals surface area (Å²) in [6, 6.07) is 9.58. The average Bonchev–Trinajstić information content (AvgIpc) is 2.61. The zero-order valence-corrected chi connectivity index (χ0v) is 9.38. The molecule has 0 aliphatic heterocycles. The standard InChI is InChI=1S/C10H7IN2O/c11-9-6-12-13(10(9)7-14)8-4-2-1-3-5-8/h1-7H. The van der Waals surface area contributed by atoms with Crippen molar-refractivity contribution in [3.05, 3.63) is 45.8 Å². The highest BCUT2D eigenvalue weighted by molar-refractivity contribution is 14.1. The fourth-order valence-corrected chi connectivity index (χ4v) is 1.70. The fraction of sp³-hybridized carbons (Fsp3) is 0. The highest BCUT2D eigenvalue weighted by atomic mass is 127. The van der Waals surface area contributed by atoms with Crippen LogP contribution < -0.4 is 0 Å². The van der Waals surface area contributed by atoms with E-state index in [1.807, 2.05) is 30.3 Å². The van der Waals surface area contributed by atoms with Gasteiger partial charge in [-0.3, -0.25) is 4.79 Å². The number of carbonyl (C=O) groups excluding carboxylic acids is 1. The number of benzene rings is 1. The Morgan fingerprint density at radius 3 is 2.64 bits per heavy atom. The van der Waals surface area contributed by atoms with Crippen molar-refractivity contribution in [1.82, 2.24) is 9.78 Å². The van der Waals surface area contributed by atoms with Crippen molar-refractivity contribution in [3.63, 3.8) is 0 Å². The van der Waals surface area contributed by atoms with Gasteiger partial charge in [0.25, 0.3) is 0 Å².